The van der Waals surface area contributed by atoms with Crippen LogP contribution >= 0.6 is 12.2 Å². The molecule has 1 aromatic rings. The molecule has 2 amide bonds. The Labute approximate surface area is 165 Å². The van der Waals surface area contributed by atoms with Crippen molar-refractivity contribution in [3.63, 3.8) is 0 Å². The van der Waals surface area contributed by atoms with E-state index in [2.05, 4.69) is 16.0 Å². The van der Waals surface area contributed by atoms with Crippen molar-refractivity contribution in [3.8, 4) is 0 Å². The van der Waals surface area contributed by atoms with Gasteiger partial charge in [-0.1, -0.05) is 0 Å². The highest BCUT2D eigenvalue weighted by Crippen LogP contribution is 2.61. The number of amides is 2. The highest BCUT2D eigenvalue weighted by atomic mass is 32.1. The summed E-state index contributed by atoms with van der Waals surface area (Å²) in [6.45, 7) is 1.47. The molecule has 1 aromatic carbocycles. The number of carbonyl (C=O) groups excluding carboxylic acids is 2. The van der Waals surface area contributed by atoms with Gasteiger partial charge in [-0.2, -0.15) is 0 Å². The van der Waals surface area contributed by atoms with E-state index in [1.165, 1.54) is 45.4 Å². The Morgan fingerprint density at radius 2 is 1.44 bits per heavy atom. The number of carbonyl (C=O) groups is 2. The minimum atomic E-state index is -0.108. The van der Waals surface area contributed by atoms with Crippen LogP contribution in [-0.4, -0.2) is 16.9 Å². The quantitative estimate of drug-likeness (QED) is 0.684. The maximum absolute atomic E-state index is 12.6. The summed E-state index contributed by atoms with van der Waals surface area (Å²) in [5.74, 6) is 2.45. The third-order valence-electron chi connectivity index (χ3n) is 6.42. The van der Waals surface area contributed by atoms with E-state index < -0.39 is 0 Å². The number of rotatable bonds is 4. The van der Waals surface area contributed by atoms with Crippen LogP contribution in [0.5, 0.6) is 0 Å². The van der Waals surface area contributed by atoms with Crippen molar-refractivity contribution < 1.29 is 9.59 Å². The molecule has 5 nitrogen and oxygen atoms in total. The van der Waals surface area contributed by atoms with E-state index in [1.807, 2.05) is 12.1 Å². The van der Waals surface area contributed by atoms with Crippen LogP contribution in [0.1, 0.15) is 51.9 Å². The lowest BCUT2D eigenvalue weighted by atomic mass is 9.49. The zero-order valence-corrected chi connectivity index (χ0v) is 16.5. The predicted octanol–water partition coefficient (Wildman–Crippen LogP) is 4.06. The number of hydrogen-bond acceptors (Lipinski definition) is 3. The van der Waals surface area contributed by atoms with Gasteiger partial charge in [0.05, 0.1) is 0 Å². The number of thiocarbonyl (C=S) groups is 1. The van der Waals surface area contributed by atoms with Crippen molar-refractivity contribution in [2.24, 2.45) is 23.2 Å². The molecule has 5 rings (SSSR count). The molecule has 0 spiro atoms. The van der Waals surface area contributed by atoms with Gasteiger partial charge in [0.1, 0.15) is 0 Å². The summed E-state index contributed by atoms with van der Waals surface area (Å²) in [5.41, 5.74) is 1.73. The lowest BCUT2D eigenvalue weighted by molar-refractivity contribution is -0.128. The fraction of sp³-hybridized carbons (Fsp3) is 0.571. The van der Waals surface area contributed by atoms with Crippen LogP contribution < -0.4 is 16.0 Å². The topological polar surface area (TPSA) is 70.2 Å². The van der Waals surface area contributed by atoms with E-state index in [4.69, 9.17) is 12.2 Å². The van der Waals surface area contributed by atoms with Gasteiger partial charge in [-0.05, 0) is 98.2 Å². The van der Waals surface area contributed by atoms with E-state index in [9.17, 15) is 9.59 Å². The van der Waals surface area contributed by atoms with E-state index in [0.717, 1.165) is 29.1 Å². The van der Waals surface area contributed by atoms with Crippen molar-refractivity contribution in [3.05, 3.63) is 24.3 Å². The van der Waals surface area contributed by atoms with Crippen molar-refractivity contribution >= 4 is 40.5 Å². The summed E-state index contributed by atoms with van der Waals surface area (Å²) in [4.78, 5) is 23.7. The maximum Gasteiger partial charge on any atom is 0.226 e. The third-order valence-corrected chi connectivity index (χ3v) is 6.62. The number of benzene rings is 1. The molecular weight excluding hydrogens is 358 g/mol. The molecule has 0 radical (unpaired) electrons. The highest BCUT2D eigenvalue weighted by molar-refractivity contribution is 7.80. The maximum atomic E-state index is 12.6. The normalized spacial score (nSPS) is 30.6. The smallest absolute Gasteiger partial charge is 0.226 e. The van der Waals surface area contributed by atoms with Gasteiger partial charge in [0.25, 0.3) is 0 Å². The number of nitrogens with one attached hydrogen (secondary N) is 3. The molecule has 4 aliphatic carbocycles. The molecule has 144 valence electrons. The van der Waals surface area contributed by atoms with Crippen molar-refractivity contribution in [2.45, 2.75) is 51.9 Å². The molecule has 6 heteroatoms. The largest absolute Gasteiger partial charge is 0.332 e. The van der Waals surface area contributed by atoms with Crippen molar-refractivity contribution in [1.29, 1.82) is 0 Å². The first-order valence-corrected chi connectivity index (χ1v) is 10.3. The van der Waals surface area contributed by atoms with Crippen molar-refractivity contribution in [1.82, 2.24) is 5.32 Å². The van der Waals surface area contributed by atoms with Gasteiger partial charge in [0.2, 0.25) is 11.8 Å². The predicted molar refractivity (Wildman–Crippen MR) is 110 cm³/mol. The molecule has 0 atom stereocenters. The SMILES string of the molecule is CC(=O)Nc1ccc(NC(=S)NC(=O)CC23CC4CC(CC(C4)C2)C3)cc1. The second-order valence-corrected chi connectivity index (χ2v) is 9.26. The van der Waals surface area contributed by atoms with E-state index >= 15 is 0 Å². The average Bonchev–Trinajstić information content (AvgIpc) is 2.54. The van der Waals surface area contributed by atoms with Crippen LogP contribution in [0, 0.1) is 23.2 Å². The van der Waals surface area contributed by atoms with Crippen LogP contribution in [0.3, 0.4) is 0 Å². The summed E-state index contributed by atoms with van der Waals surface area (Å²) in [6.07, 6.45) is 8.41. The van der Waals surface area contributed by atoms with E-state index in [0.29, 0.717) is 11.5 Å². The summed E-state index contributed by atoms with van der Waals surface area (Å²) in [6, 6.07) is 7.23. The molecule has 27 heavy (non-hydrogen) atoms. The summed E-state index contributed by atoms with van der Waals surface area (Å²) < 4.78 is 0. The van der Waals surface area contributed by atoms with Crippen LogP contribution in [0.4, 0.5) is 11.4 Å². The third kappa shape index (κ3) is 4.32. The van der Waals surface area contributed by atoms with Gasteiger partial charge in [0, 0.05) is 24.7 Å². The molecule has 4 aliphatic rings. The fourth-order valence-corrected chi connectivity index (χ4v) is 6.25. The summed E-state index contributed by atoms with van der Waals surface area (Å²) in [5, 5.41) is 8.96. The molecule has 4 saturated carbocycles. The van der Waals surface area contributed by atoms with Crippen LogP contribution in [0.25, 0.3) is 0 Å². The van der Waals surface area contributed by atoms with Crippen molar-refractivity contribution in [2.75, 3.05) is 10.6 Å². The molecule has 3 N–H and O–H groups in total. The zero-order valence-electron chi connectivity index (χ0n) is 15.7. The first-order valence-electron chi connectivity index (χ1n) is 9.88. The van der Waals surface area contributed by atoms with Gasteiger partial charge in [-0.15, -0.1) is 0 Å². The van der Waals surface area contributed by atoms with E-state index in [-0.39, 0.29) is 17.2 Å². The Kier molecular flexibility index (Phi) is 4.93. The molecule has 4 bridgehead atoms. The molecular formula is C21H27N3O2S. The Balaban J connectivity index is 1.29. The highest BCUT2D eigenvalue weighted by Gasteiger charge is 2.51. The Bertz CT molecular complexity index is 724. The molecule has 0 aliphatic heterocycles. The van der Waals surface area contributed by atoms with Gasteiger partial charge in [-0.3, -0.25) is 9.59 Å². The lowest BCUT2D eigenvalue weighted by Gasteiger charge is -2.56. The fourth-order valence-electron chi connectivity index (χ4n) is 6.02. The van der Waals surface area contributed by atoms with Crippen LogP contribution in [0.2, 0.25) is 0 Å². The minimum Gasteiger partial charge on any atom is -0.332 e. The Hall–Kier alpha value is -1.95. The average molecular weight is 386 g/mol. The minimum absolute atomic E-state index is 0.0318. The Morgan fingerprint density at radius 3 is 1.93 bits per heavy atom. The van der Waals surface area contributed by atoms with E-state index in [1.54, 1.807) is 12.1 Å². The summed E-state index contributed by atoms with van der Waals surface area (Å²) in [7, 11) is 0. The number of hydrogen-bond donors (Lipinski definition) is 3. The van der Waals surface area contributed by atoms with Gasteiger partial charge >= 0.3 is 0 Å². The molecule has 0 unspecified atom stereocenters. The van der Waals surface area contributed by atoms with Gasteiger partial charge in [0.15, 0.2) is 5.11 Å². The van der Waals surface area contributed by atoms with Crippen LogP contribution in [-0.2, 0) is 9.59 Å². The molecule has 0 aromatic heterocycles. The Morgan fingerprint density at radius 1 is 0.963 bits per heavy atom. The second kappa shape index (κ2) is 7.23. The second-order valence-electron chi connectivity index (χ2n) is 8.86. The van der Waals surface area contributed by atoms with Gasteiger partial charge in [-0.25, -0.2) is 0 Å². The van der Waals surface area contributed by atoms with Crippen LogP contribution in [0.15, 0.2) is 24.3 Å². The standard InChI is InChI=1S/C21H27N3O2S/c1-13(25)22-17-2-4-18(5-3-17)23-20(27)24-19(26)12-21-9-14-6-15(10-21)8-16(7-14)11-21/h2-5,14-16H,6-12H2,1H3,(H,22,25)(H2,23,24,26,27). The zero-order chi connectivity index (χ0) is 19.0. The first-order chi connectivity index (χ1) is 12.9. The monoisotopic (exact) mass is 385 g/mol. The first kappa shape index (κ1) is 18.4. The molecule has 0 heterocycles. The molecule has 4 fully saturated rings. The number of anilines is 2. The molecule has 0 saturated heterocycles. The van der Waals surface area contributed by atoms with Gasteiger partial charge < -0.3 is 16.0 Å². The summed E-state index contributed by atoms with van der Waals surface area (Å²) >= 11 is 5.31. The lowest BCUT2D eigenvalue weighted by Crippen LogP contribution is -2.48.